The topological polar surface area (TPSA) is 80.6 Å². The fourth-order valence-corrected chi connectivity index (χ4v) is 6.20. The van der Waals surface area contributed by atoms with Gasteiger partial charge >= 0.3 is 0 Å². The average molecular weight is 604 g/mol. The number of aldehydes is 1. The molecule has 2 heterocycles. The second-order valence-corrected chi connectivity index (χ2v) is 12.6. The van der Waals surface area contributed by atoms with Gasteiger partial charge in [-0.15, -0.1) is 0 Å². The molecule has 7 nitrogen and oxygen atoms in total. The van der Waals surface area contributed by atoms with Gasteiger partial charge in [-0.2, -0.15) is 0 Å². The molecule has 1 fully saturated rings. The number of benzene rings is 2. The van der Waals surface area contributed by atoms with Gasteiger partial charge in [-0.25, -0.2) is 4.39 Å². The number of rotatable bonds is 14. The molecule has 0 spiro atoms. The summed E-state index contributed by atoms with van der Waals surface area (Å²) >= 11 is 0. The highest BCUT2D eigenvalue weighted by atomic mass is 19.1. The normalized spacial score (nSPS) is 15.9. The van der Waals surface area contributed by atoms with Crippen LogP contribution < -0.4 is 10.9 Å². The summed E-state index contributed by atoms with van der Waals surface area (Å²) in [7, 11) is 1.53. The Morgan fingerprint density at radius 1 is 1.07 bits per heavy atom. The highest BCUT2D eigenvalue weighted by molar-refractivity contribution is 5.81. The number of aromatic nitrogens is 1. The number of hydrogen-bond acceptors (Lipinski definition) is 5. The molecule has 1 aromatic heterocycles. The fourth-order valence-electron chi connectivity index (χ4n) is 6.20. The maximum absolute atomic E-state index is 14.2. The first kappa shape index (κ1) is 33.3. The molecule has 2 aromatic carbocycles. The summed E-state index contributed by atoms with van der Waals surface area (Å²) in [5.74, 6) is -0.848. The Labute approximate surface area is 260 Å². The third-order valence-corrected chi connectivity index (χ3v) is 8.61. The Hall–Kier alpha value is -3.62. The van der Waals surface area contributed by atoms with Crippen LogP contribution in [0.1, 0.15) is 60.2 Å². The predicted octanol–water partition coefficient (Wildman–Crippen LogP) is 5.54. The Balaban J connectivity index is 1.69. The number of pyridine rings is 1. The van der Waals surface area contributed by atoms with Crippen molar-refractivity contribution in [2.24, 2.45) is 11.8 Å². The van der Waals surface area contributed by atoms with Crippen LogP contribution in [0.15, 0.2) is 59.5 Å². The minimum absolute atomic E-state index is 0.122. The van der Waals surface area contributed by atoms with Crippen molar-refractivity contribution < 1.29 is 18.7 Å². The highest BCUT2D eigenvalue weighted by Crippen LogP contribution is 2.32. The molecular weight excluding hydrogens is 557 g/mol. The van der Waals surface area contributed by atoms with Crippen molar-refractivity contribution in [2.45, 2.75) is 65.7 Å². The lowest BCUT2D eigenvalue weighted by molar-refractivity contribution is -0.126. The zero-order valence-electron chi connectivity index (χ0n) is 26.8. The lowest BCUT2D eigenvalue weighted by atomic mass is 9.89. The maximum atomic E-state index is 14.2. The molecule has 2 unspecified atom stereocenters. The number of methoxy groups -OCH3 is 1. The smallest absolute Gasteiger partial charge is 0.251 e. The summed E-state index contributed by atoms with van der Waals surface area (Å²) < 4.78 is 20.3. The Morgan fingerprint density at radius 2 is 1.75 bits per heavy atom. The summed E-state index contributed by atoms with van der Waals surface area (Å²) in [5, 5.41) is 3.16. The minimum Gasteiger partial charge on any atom is -0.384 e. The number of nitrogens with one attached hydrogen (secondary N) is 1. The van der Waals surface area contributed by atoms with Crippen molar-refractivity contribution in [3.63, 3.8) is 0 Å². The van der Waals surface area contributed by atoms with Gasteiger partial charge in [0.15, 0.2) is 0 Å². The van der Waals surface area contributed by atoms with E-state index in [1.165, 1.54) is 11.7 Å². The molecule has 1 amide bonds. The van der Waals surface area contributed by atoms with Crippen LogP contribution >= 0.6 is 0 Å². The third kappa shape index (κ3) is 7.90. The first-order chi connectivity index (χ1) is 21.0. The van der Waals surface area contributed by atoms with Gasteiger partial charge in [0.1, 0.15) is 18.5 Å². The zero-order valence-corrected chi connectivity index (χ0v) is 26.8. The van der Waals surface area contributed by atoms with Crippen molar-refractivity contribution in [3.8, 4) is 11.1 Å². The Morgan fingerprint density at radius 3 is 2.36 bits per heavy atom. The molecule has 1 saturated heterocycles. The van der Waals surface area contributed by atoms with Gasteiger partial charge in [0.2, 0.25) is 5.91 Å². The highest BCUT2D eigenvalue weighted by Gasteiger charge is 2.31. The fraction of sp³-hybridized carbons (Fsp3) is 0.472. The number of hydrogen-bond donors (Lipinski definition) is 1. The summed E-state index contributed by atoms with van der Waals surface area (Å²) in [6.07, 6.45) is 2.94. The van der Waals surface area contributed by atoms with Crippen LogP contribution in [0.3, 0.4) is 0 Å². The van der Waals surface area contributed by atoms with Crippen LogP contribution in [-0.4, -0.2) is 61.2 Å². The summed E-state index contributed by atoms with van der Waals surface area (Å²) in [6.45, 7) is 11.7. The number of ether oxygens (including phenoxy) is 1. The van der Waals surface area contributed by atoms with Gasteiger partial charge in [0, 0.05) is 39.0 Å². The molecule has 0 radical (unpaired) electrons. The zero-order chi connectivity index (χ0) is 32.0. The molecule has 236 valence electrons. The minimum atomic E-state index is -0.778. The number of carbonyl (C=O) groups excluding carboxylic acids is 2. The van der Waals surface area contributed by atoms with Crippen LogP contribution in [0.4, 0.5) is 4.39 Å². The molecule has 1 aliphatic heterocycles. The molecule has 0 bridgehead atoms. The van der Waals surface area contributed by atoms with E-state index >= 15 is 0 Å². The van der Waals surface area contributed by atoms with E-state index < -0.39 is 24.2 Å². The van der Waals surface area contributed by atoms with E-state index in [-0.39, 0.29) is 24.0 Å². The lowest BCUT2D eigenvalue weighted by Gasteiger charge is -2.34. The summed E-state index contributed by atoms with van der Waals surface area (Å²) in [6, 6.07) is 14.2. The third-order valence-electron chi connectivity index (χ3n) is 8.61. The van der Waals surface area contributed by atoms with E-state index in [4.69, 9.17) is 4.74 Å². The van der Waals surface area contributed by atoms with E-state index in [1.54, 1.807) is 12.3 Å². The van der Waals surface area contributed by atoms with Crippen LogP contribution in [0.25, 0.3) is 11.1 Å². The van der Waals surface area contributed by atoms with Crippen molar-refractivity contribution >= 4 is 12.2 Å². The Kier molecular flexibility index (Phi) is 11.3. The first-order valence-electron chi connectivity index (χ1n) is 15.5. The van der Waals surface area contributed by atoms with E-state index in [1.807, 2.05) is 56.0 Å². The van der Waals surface area contributed by atoms with Crippen LogP contribution in [0.5, 0.6) is 0 Å². The van der Waals surface area contributed by atoms with Crippen LogP contribution in [0, 0.1) is 32.6 Å². The van der Waals surface area contributed by atoms with Gasteiger partial charge in [0.25, 0.3) is 5.56 Å². The van der Waals surface area contributed by atoms with E-state index in [2.05, 4.69) is 31.3 Å². The molecule has 1 N–H and O–H groups in total. The number of alkyl halides is 1. The number of nitrogens with zero attached hydrogens (tertiary/aromatic N) is 2. The molecule has 0 aliphatic carbocycles. The molecule has 1 aliphatic rings. The van der Waals surface area contributed by atoms with Gasteiger partial charge < -0.3 is 19.4 Å². The number of halogens is 1. The van der Waals surface area contributed by atoms with E-state index in [9.17, 15) is 18.8 Å². The standard InChI is InChI=1S/C36H46FN3O4/c1-23(2)15-32(40-18-29(26(5)16-33(40)42)13-14-39-19-31(37)20-39)36(43)38-35(30(21-41)22-44-6)28-12-8-11-27(17-28)34-24(3)9-7-10-25(34)4/h7-12,16-18,21,23,30-32,35H,13-15,19-20,22H2,1-6H3,(H,38,43)/t30?,32?,35-/m1/s1. The number of likely N-dealkylation sites (tertiary alicyclic amines) is 1. The average Bonchev–Trinajstić information content (AvgIpc) is 2.96. The largest absolute Gasteiger partial charge is 0.384 e. The van der Waals surface area contributed by atoms with Gasteiger partial charge in [-0.1, -0.05) is 50.2 Å². The van der Waals surface area contributed by atoms with Crippen molar-refractivity contribution in [2.75, 3.05) is 33.4 Å². The Bertz CT molecular complexity index is 1490. The van der Waals surface area contributed by atoms with Crippen LogP contribution in [0.2, 0.25) is 0 Å². The van der Waals surface area contributed by atoms with Crippen molar-refractivity contribution in [3.05, 3.63) is 92.9 Å². The van der Waals surface area contributed by atoms with E-state index in [0.29, 0.717) is 32.5 Å². The molecular formula is C36H46FN3O4. The number of aryl methyl sites for hydroxylation is 3. The van der Waals surface area contributed by atoms with Crippen molar-refractivity contribution in [1.82, 2.24) is 14.8 Å². The van der Waals surface area contributed by atoms with E-state index in [0.717, 1.165) is 45.2 Å². The SMILES string of the molecule is COCC(C=O)[C@H](NC(=O)C(CC(C)C)n1cc(CCN2CC(F)C2)c(C)cc1=O)c1cccc(-c2c(C)cccc2C)c1. The molecule has 3 aromatic rings. The quantitative estimate of drug-likeness (QED) is 0.245. The number of amides is 1. The molecule has 8 heteroatoms. The molecule has 44 heavy (non-hydrogen) atoms. The predicted molar refractivity (Wildman–Crippen MR) is 173 cm³/mol. The lowest BCUT2D eigenvalue weighted by Crippen LogP contribution is -2.49. The summed E-state index contributed by atoms with van der Waals surface area (Å²) in [5.41, 5.74) is 6.73. The van der Waals surface area contributed by atoms with Crippen molar-refractivity contribution in [1.29, 1.82) is 0 Å². The maximum Gasteiger partial charge on any atom is 0.251 e. The first-order valence-corrected chi connectivity index (χ1v) is 15.5. The monoisotopic (exact) mass is 603 g/mol. The summed E-state index contributed by atoms with van der Waals surface area (Å²) in [4.78, 5) is 41.9. The van der Waals surface area contributed by atoms with Crippen LogP contribution in [-0.2, 0) is 20.7 Å². The second-order valence-electron chi connectivity index (χ2n) is 12.6. The number of carbonyl (C=O) groups is 2. The van der Waals surface area contributed by atoms with Gasteiger partial charge in [0.05, 0.1) is 18.6 Å². The van der Waals surface area contributed by atoms with Gasteiger partial charge in [-0.05, 0) is 84.5 Å². The second kappa shape index (κ2) is 14.9. The van der Waals surface area contributed by atoms with Gasteiger partial charge in [-0.3, -0.25) is 14.5 Å². The molecule has 0 saturated carbocycles. The molecule has 3 atom stereocenters. The molecule has 4 rings (SSSR count).